The van der Waals surface area contributed by atoms with E-state index in [4.69, 9.17) is 0 Å². The SMILES string of the molecule is CC1CCN(C(=O)CSCC(=O)Nc2nc(-c3ccc(Br)cc3)cs2)CC1. The molecule has 0 atom stereocenters. The number of halogens is 1. The first kappa shape index (κ1) is 20.4. The second-order valence-corrected chi connectivity index (χ2v) is 9.41. The van der Waals surface area contributed by atoms with Crippen molar-refractivity contribution in [1.29, 1.82) is 0 Å². The number of rotatable bonds is 6. The summed E-state index contributed by atoms with van der Waals surface area (Å²) in [7, 11) is 0. The Morgan fingerprint density at radius 3 is 2.67 bits per heavy atom. The molecule has 0 bridgehead atoms. The third-order valence-electron chi connectivity index (χ3n) is 4.49. The average Bonchev–Trinajstić information content (AvgIpc) is 3.11. The van der Waals surface area contributed by atoms with Gasteiger partial charge in [0, 0.05) is 28.5 Å². The van der Waals surface area contributed by atoms with E-state index in [1.165, 1.54) is 23.1 Å². The predicted molar refractivity (Wildman–Crippen MR) is 116 cm³/mol. The molecule has 1 aromatic heterocycles. The first-order chi connectivity index (χ1) is 13.0. The maximum absolute atomic E-state index is 12.2. The van der Waals surface area contributed by atoms with Gasteiger partial charge in [-0.05, 0) is 30.9 Å². The fourth-order valence-electron chi connectivity index (χ4n) is 2.82. The third-order valence-corrected chi connectivity index (χ3v) is 6.69. The molecule has 5 nitrogen and oxygen atoms in total. The Hall–Kier alpha value is -1.38. The number of hydrogen-bond acceptors (Lipinski definition) is 5. The van der Waals surface area contributed by atoms with Crippen LogP contribution < -0.4 is 5.32 Å². The van der Waals surface area contributed by atoms with Crippen LogP contribution in [0, 0.1) is 5.92 Å². The Labute approximate surface area is 176 Å². The van der Waals surface area contributed by atoms with Gasteiger partial charge in [-0.15, -0.1) is 23.1 Å². The average molecular weight is 468 g/mol. The van der Waals surface area contributed by atoms with Gasteiger partial charge in [0.2, 0.25) is 11.8 Å². The number of carbonyl (C=O) groups is 2. The molecule has 144 valence electrons. The molecule has 0 aliphatic carbocycles. The van der Waals surface area contributed by atoms with Gasteiger partial charge in [0.05, 0.1) is 17.2 Å². The molecule has 2 heterocycles. The smallest absolute Gasteiger partial charge is 0.236 e. The summed E-state index contributed by atoms with van der Waals surface area (Å²) in [6.07, 6.45) is 2.14. The van der Waals surface area contributed by atoms with Crippen LogP contribution >= 0.6 is 39.0 Å². The van der Waals surface area contributed by atoms with Crippen LogP contribution in [0.3, 0.4) is 0 Å². The van der Waals surface area contributed by atoms with E-state index in [0.29, 0.717) is 16.8 Å². The standard InChI is InChI=1S/C19H22BrN3O2S2/c1-13-6-8-23(9-7-13)18(25)12-26-11-17(24)22-19-21-16(10-27-19)14-2-4-15(20)5-3-14/h2-5,10,13H,6-9,11-12H2,1H3,(H,21,22,24). The van der Waals surface area contributed by atoms with E-state index >= 15 is 0 Å². The molecule has 1 N–H and O–H groups in total. The lowest BCUT2D eigenvalue weighted by molar-refractivity contribution is -0.129. The quantitative estimate of drug-likeness (QED) is 0.678. The van der Waals surface area contributed by atoms with Crippen molar-refractivity contribution in [3.05, 3.63) is 34.1 Å². The van der Waals surface area contributed by atoms with Crippen molar-refractivity contribution in [2.24, 2.45) is 5.92 Å². The zero-order chi connectivity index (χ0) is 19.2. The van der Waals surface area contributed by atoms with Crippen molar-refractivity contribution in [1.82, 2.24) is 9.88 Å². The molecule has 0 saturated carbocycles. The van der Waals surface area contributed by atoms with Gasteiger partial charge in [-0.25, -0.2) is 4.98 Å². The monoisotopic (exact) mass is 467 g/mol. The van der Waals surface area contributed by atoms with E-state index in [1.807, 2.05) is 34.5 Å². The van der Waals surface area contributed by atoms with E-state index < -0.39 is 0 Å². The van der Waals surface area contributed by atoms with Gasteiger partial charge >= 0.3 is 0 Å². The first-order valence-electron chi connectivity index (χ1n) is 8.88. The second-order valence-electron chi connectivity index (χ2n) is 6.65. The number of benzene rings is 1. The highest BCUT2D eigenvalue weighted by atomic mass is 79.9. The third kappa shape index (κ3) is 6.05. The van der Waals surface area contributed by atoms with Crippen LogP contribution in [0.15, 0.2) is 34.1 Å². The number of hydrogen-bond donors (Lipinski definition) is 1. The summed E-state index contributed by atoms with van der Waals surface area (Å²) in [4.78, 5) is 30.7. The predicted octanol–water partition coefficient (Wildman–Crippen LogP) is 4.50. The van der Waals surface area contributed by atoms with Gasteiger partial charge in [0.1, 0.15) is 0 Å². The molecule has 1 fully saturated rings. The highest BCUT2D eigenvalue weighted by Gasteiger charge is 2.20. The molecule has 0 spiro atoms. The molecule has 1 aliphatic rings. The Morgan fingerprint density at radius 2 is 1.96 bits per heavy atom. The summed E-state index contributed by atoms with van der Waals surface area (Å²) in [6.45, 7) is 3.90. The fraction of sp³-hybridized carbons (Fsp3) is 0.421. The maximum atomic E-state index is 12.2. The molecule has 1 aliphatic heterocycles. The first-order valence-corrected chi connectivity index (χ1v) is 11.7. The minimum absolute atomic E-state index is 0.128. The number of nitrogens with zero attached hydrogens (tertiary/aromatic N) is 2. The number of anilines is 1. The number of thiazole rings is 1. The number of amides is 2. The highest BCUT2D eigenvalue weighted by molar-refractivity contribution is 9.10. The molecule has 2 amide bonds. The zero-order valence-electron chi connectivity index (χ0n) is 15.1. The molecule has 1 aromatic carbocycles. The molecule has 8 heteroatoms. The van der Waals surface area contributed by atoms with Crippen LogP contribution in [0.4, 0.5) is 5.13 Å². The summed E-state index contributed by atoms with van der Waals surface area (Å²) in [6, 6.07) is 7.88. The number of piperidine rings is 1. The fourth-order valence-corrected chi connectivity index (χ4v) is 4.54. The molecular weight excluding hydrogens is 446 g/mol. The van der Waals surface area contributed by atoms with Crippen LogP contribution in [0.5, 0.6) is 0 Å². The Balaban J connectivity index is 1.42. The topological polar surface area (TPSA) is 62.3 Å². The maximum Gasteiger partial charge on any atom is 0.236 e. The summed E-state index contributed by atoms with van der Waals surface area (Å²) < 4.78 is 1.01. The van der Waals surface area contributed by atoms with Crippen molar-refractivity contribution in [2.45, 2.75) is 19.8 Å². The molecule has 2 aromatic rings. The molecule has 1 saturated heterocycles. The summed E-state index contributed by atoms with van der Waals surface area (Å²) in [5.41, 5.74) is 1.84. The lowest BCUT2D eigenvalue weighted by atomic mass is 9.99. The Kier molecular flexibility index (Phi) is 7.32. The van der Waals surface area contributed by atoms with Crippen molar-refractivity contribution in [3.8, 4) is 11.3 Å². The van der Waals surface area contributed by atoms with Crippen LogP contribution in [-0.4, -0.2) is 46.3 Å². The number of carbonyl (C=O) groups excluding carboxylic acids is 2. The number of likely N-dealkylation sites (tertiary alicyclic amines) is 1. The van der Waals surface area contributed by atoms with Crippen LogP contribution in [0.25, 0.3) is 11.3 Å². The van der Waals surface area contributed by atoms with Crippen molar-refractivity contribution in [3.63, 3.8) is 0 Å². The number of nitrogens with one attached hydrogen (secondary N) is 1. The minimum atomic E-state index is -0.128. The summed E-state index contributed by atoms with van der Waals surface area (Å²) >= 11 is 6.17. The largest absolute Gasteiger partial charge is 0.342 e. The lowest BCUT2D eigenvalue weighted by Gasteiger charge is -2.30. The Morgan fingerprint density at radius 1 is 1.26 bits per heavy atom. The lowest BCUT2D eigenvalue weighted by Crippen LogP contribution is -2.39. The molecule has 27 heavy (non-hydrogen) atoms. The second kappa shape index (κ2) is 9.71. The minimum Gasteiger partial charge on any atom is -0.342 e. The highest BCUT2D eigenvalue weighted by Crippen LogP contribution is 2.26. The van der Waals surface area contributed by atoms with Crippen molar-refractivity contribution >= 4 is 56.0 Å². The van der Waals surface area contributed by atoms with Gasteiger partial charge in [0.15, 0.2) is 5.13 Å². The van der Waals surface area contributed by atoms with Crippen molar-refractivity contribution in [2.75, 3.05) is 29.9 Å². The summed E-state index contributed by atoms with van der Waals surface area (Å²) in [5, 5.41) is 5.32. The molecule has 0 unspecified atom stereocenters. The van der Waals surface area contributed by atoms with Crippen LogP contribution in [-0.2, 0) is 9.59 Å². The molecular formula is C19H22BrN3O2S2. The molecule has 0 radical (unpaired) electrons. The van der Waals surface area contributed by atoms with Gasteiger partial charge in [0.25, 0.3) is 0 Å². The van der Waals surface area contributed by atoms with Crippen LogP contribution in [0.1, 0.15) is 19.8 Å². The van der Waals surface area contributed by atoms with Gasteiger partial charge in [-0.3, -0.25) is 9.59 Å². The zero-order valence-corrected chi connectivity index (χ0v) is 18.3. The number of thioether (sulfide) groups is 1. The van der Waals surface area contributed by atoms with E-state index in [2.05, 4.69) is 33.2 Å². The normalized spacial score (nSPS) is 15.0. The van der Waals surface area contributed by atoms with E-state index in [-0.39, 0.29) is 17.6 Å². The number of aromatic nitrogens is 1. The molecule has 3 rings (SSSR count). The van der Waals surface area contributed by atoms with E-state index in [9.17, 15) is 9.59 Å². The Bertz CT molecular complexity index is 787. The van der Waals surface area contributed by atoms with Gasteiger partial charge < -0.3 is 10.2 Å². The van der Waals surface area contributed by atoms with E-state index in [0.717, 1.165) is 41.7 Å². The summed E-state index contributed by atoms with van der Waals surface area (Å²) in [5.74, 6) is 1.31. The van der Waals surface area contributed by atoms with Gasteiger partial charge in [-0.1, -0.05) is 35.0 Å². The van der Waals surface area contributed by atoms with Gasteiger partial charge in [-0.2, -0.15) is 0 Å². The van der Waals surface area contributed by atoms with Crippen molar-refractivity contribution < 1.29 is 9.59 Å². The van der Waals surface area contributed by atoms with Crippen LogP contribution in [0.2, 0.25) is 0 Å². The van der Waals surface area contributed by atoms with E-state index in [1.54, 1.807) is 0 Å².